The van der Waals surface area contributed by atoms with Gasteiger partial charge in [-0.15, -0.1) is 0 Å². The molecule has 0 aromatic heterocycles. The molecule has 0 bridgehead atoms. The lowest BCUT2D eigenvalue weighted by atomic mass is 9.95. The second-order valence-corrected chi connectivity index (χ2v) is 8.62. The van der Waals surface area contributed by atoms with E-state index in [2.05, 4.69) is 47.1 Å². The number of ether oxygens (including phenoxy) is 1. The molecule has 1 aliphatic carbocycles. The maximum absolute atomic E-state index is 11.7. The van der Waals surface area contributed by atoms with E-state index in [0.29, 0.717) is 24.9 Å². The number of benzene rings is 1. The molecule has 6 heteroatoms. The molecular weight excluding hydrogens is 354 g/mol. The number of nitrogens with zero attached hydrogens (tertiary/aromatic N) is 3. The van der Waals surface area contributed by atoms with Gasteiger partial charge in [0.2, 0.25) is 0 Å². The summed E-state index contributed by atoms with van der Waals surface area (Å²) in [5.41, 5.74) is 1.34. The number of rotatable bonds is 5. The van der Waals surface area contributed by atoms with Gasteiger partial charge in [-0.1, -0.05) is 37.3 Å². The van der Waals surface area contributed by atoms with Crippen molar-refractivity contribution < 1.29 is 14.6 Å². The molecule has 3 aliphatic rings. The Bertz CT molecular complexity index is 677. The Hall–Kier alpha value is -1.63. The second-order valence-electron chi connectivity index (χ2n) is 8.62. The van der Waals surface area contributed by atoms with Gasteiger partial charge in [-0.2, -0.15) is 0 Å². The normalized spacial score (nSPS) is 33.4. The minimum absolute atomic E-state index is 0.0179. The third-order valence-electron chi connectivity index (χ3n) is 7.07. The molecule has 28 heavy (non-hydrogen) atoms. The molecule has 2 aliphatic heterocycles. The molecule has 2 saturated heterocycles. The van der Waals surface area contributed by atoms with Crippen LogP contribution in [0.15, 0.2) is 30.3 Å². The number of amides is 1. The highest BCUT2D eigenvalue weighted by Crippen LogP contribution is 2.69. The van der Waals surface area contributed by atoms with Crippen molar-refractivity contribution in [3.63, 3.8) is 0 Å². The van der Waals surface area contributed by atoms with Crippen molar-refractivity contribution >= 4 is 6.09 Å². The minimum atomic E-state index is -0.259. The molecule has 0 unspecified atom stereocenters. The molecule has 4 atom stereocenters. The van der Waals surface area contributed by atoms with Gasteiger partial charge in [-0.3, -0.25) is 4.90 Å². The van der Waals surface area contributed by atoms with Gasteiger partial charge >= 0.3 is 6.09 Å². The van der Waals surface area contributed by atoms with E-state index in [1.807, 2.05) is 0 Å². The van der Waals surface area contributed by atoms with Crippen LogP contribution in [0.5, 0.6) is 0 Å². The van der Waals surface area contributed by atoms with E-state index >= 15 is 0 Å². The molecule has 6 nitrogen and oxygen atoms in total. The zero-order valence-corrected chi connectivity index (χ0v) is 17.1. The molecule has 0 radical (unpaired) electrons. The van der Waals surface area contributed by atoms with Crippen LogP contribution < -0.4 is 0 Å². The van der Waals surface area contributed by atoms with Gasteiger partial charge in [0.15, 0.2) is 0 Å². The lowest BCUT2D eigenvalue weighted by Gasteiger charge is -2.34. The lowest BCUT2D eigenvalue weighted by Crippen LogP contribution is -2.49. The summed E-state index contributed by atoms with van der Waals surface area (Å²) in [6.45, 7) is 9.22. The van der Waals surface area contributed by atoms with Gasteiger partial charge in [0, 0.05) is 51.2 Å². The van der Waals surface area contributed by atoms with Crippen LogP contribution in [0.3, 0.4) is 0 Å². The lowest BCUT2D eigenvalue weighted by molar-refractivity contribution is 0.0824. The van der Waals surface area contributed by atoms with Crippen LogP contribution in [0.1, 0.15) is 24.8 Å². The molecule has 3 fully saturated rings. The zero-order chi connectivity index (χ0) is 19.7. The smallest absolute Gasteiger partial charge is 0.409 e. The summed E-state index contributed by atoms with van der Waals surface area (Å²) in [4.78, 5) is 18.4. The number of aliphatic hydroxyl groups excluding tert-OH is 1. The van der Waals surface area contributed by atoms with Crippen molar-refractivity contribution in [2.75, 3.05) is 59.5 Å². The summed E-state index contributed by atoms with van der Waals surface area (Å²) in [7, 11) is 1.44. The highest BCUT2D eigenvalue weighted by Gasteiger charge is 2.71. The second kappa shape index (κ2) is 8.01. The topological polar surface area (TPSA) is 56.2 Å². The van der Waals surface area contributed by atoms with Gasteiger partial charge in [-0.25, -0.2) is 4.79 Å². The van der Waals surface area contributed by atoms with Crippen LogP contribution in [-0.4, -0.2) is 91.5 Å². The summed E-state index contributed by atoms with van der Waals surface area (Å²) in [6, 6.07) is 10.7. The molecule has 154 valence electrons. The molecular formula is C22H33N3O3. The standard InChI is InChI=1S/C22H33N3O3/c1-3-9-24-15-19(26)22(16-24)18(20(22)17-7-5-4-6-8-17)14-23-10-12-25(13-11-23)21(27)28-2/h4-8,18-20,26H,3,9-16H2,1-2H3/t18-,19-,20-,22-/m1/s1. The number of hydrogen-bond donors (Lipinski definition) is 1. The SMILES string of the molecule is CCCN1C[C@@H](O)[C@@]2(C1)[C@H](CN1CCN(C(=O)OC)CC1)[C@H]2c1ccccc1. The summed E-state index contributed by atoms with van der Waals surface area (Å²) in [6.07, 6.45) is 0.635. The van der Waals surface area contributed by atoms with Crippen molar-refractivity contribution in [2.24, 2.45) is 11.3 Å². The van der Waals surface area contributed by atoms with Crippen LogP contribution in [0.25, 0.3) is 0 Å². The van der Waals surface area contributed by atoms with Gasteiger partial charge < -0.3 is 19.6 Å². The zero-order valence-electron chi connectivity index (χ0n) is 17.1. The third kappa shape index (κ3) is 3.42. The number of methoxy groups -OCH3 is 1. The number of hydrogen-bond acceptors (Lipinski definition) is 5. The monoisotopic (exact) mass is 387 g/mol. The van der Waals surface area contributed by atoms with Crippen LogP contribution in [0.4, 0.5) is 4.79 Å². The molecule has 1 spiro atoms. The first-order valence-electron chi connectivity index (χ1n) is 10.6. The predicted octanol–water partition coefficient (Wildman–Crippen LogP) is 1.86. The van der Waals surface area contributed by atoms with E-state index in [-0.39, 0.29) is 17.6 Å². The number of β-amino-alcohol motifs (C(OH)–C–C–N with tert-alkyl or cyclic N) is 1. The Morgan fingerprint density at radius 1 is 1.18 bits per heavy atom. The molecule has 1 N–H and O–H groups in total. The van der Waals surface area contributed by atoms with Crippen LogP contribution in [-0.2, 0) is 4.74 Å². The molecule has 2 heterocycles. The molecule has 1 aromatic carbocycles. The fourth-order valence-corrected chi connectivity index (χ4v) is 5.67. The Morgan fingerprint density at radius 3 is 2.54 bits per heavy atom. The van der Waals surface area contributed by atoms with E-state index in [1.54, 1.807) is 4.90 Å². The first-order valence-corrected chi connectivity index (χ1v) is 10.6. The maximum Gasteiger partial charge on any atom is 0.409 e. The van der Waals surface area contributed by atoms with Crippen molar-refractivity contribution in [3.05, 3.63) is 35.9 Å². The van der Waals surface area contributed by atoms with Crippen LogP contribution >= 0.6 is 0 Å². The quantitative estimate of drug-likeness (QED) is 0.836. The molecule has 1 saturated carbocycles. The van der Waals surface area contributed by atoms with Gasteiger partial charge in [0.05, 0.1) is 13.2 Å². The number of likely N-dealkylation sites (tertiary alicyclic amines) is 1. The Balaban J connectivity index is 1.47. The first kappa shape index (κ1) is 19.7. The van der Waals surface area contributed by atoms with Gasteiger partial charge in [0.1, 0.15) is 0 Å². The summed E-state index contributed by atoms with van der Waals surface area (Å²) in [5, 5.41) is 11.1. The van der Waals surface area contributed by atoms with Crippen molar-refractivity contribution in [1.29, 1.82) is 0 Å². The number of piperazine rings is 1. The number of carbonyl (C=O) groups excluding carboxylic acids is 1. The minimum Gasteiger partial charge on any atom is -0.453 e. The van der Waals surface area contributed by atoms with E-state index < -0.39 is 0 Å². The first-order chi connectivity index (χ1) is 13.6. The van der Waals surface area contributed by atoms with Crippen LogP contribution in [0.2, 0.25) is 0 Å². The molecule has 1 aromatic rings. The van der Waals surface area contributed by atoms with Gasteiger partial charge in [0.25, 0.3) is 0 Å². The molecule has 4 rings (SSSR count). The average Bonchev–Trinajstić information content (AvgIpc) is 3.23. The Morgan fingerprint density at radius 2 is 1.89 bits per heavy atom. The van der Waals surface area contributed by atoms with Crippen molar-refractivity contribution in [1.82, 2.24) is 14.7 Å². The number of aliphatic hydroxyl groups is 1. The fraction of sp³-hybridized carbons (Fsp3) is 0.682. The van der Waals surface area contributed by atoms with E-state index in [4.69, 9.17) is 4.74 Å². The highest BCUT2D eigenvalue weighted by molar-refractivity contribution is 5.67. The van der Waals surface area contributed by atoms with E-state index in [0.717, 1.165) is 45.7 Å². The van der Waals surface area contributed by atoms with Crippen molar-refractivity contribution in [2.45, 2.75) is 25.4 Å². The van der Waals surface area contributed by atoms with E-state index in [1.165, 1.54) is 12.7 Å². The predicted molar refractivity (Wildman–Crippen MR) is 108 cm³/mol. The number of carbonyl (C=O) groups is 1. The summed E-state index contributed by atoms with van der Waals surface area (Å²) >= 11 is 0. The largest absolute Gasteiger partial charge is 0.453 e. The van der Waals surface area contributed by atoms with E-state index in [9.17, 15) is 9.90 Å². The summed E-state index contributed by atoms with van der Waals surface area (Å²) < 4.78 is 4.85. The van der Waals surface area contributed by atoms with Crippen LogP contribution in [0, 0.1) is 11.3 Å². The van der Waals surface area contributed by atoms with Crippen molar-refractivity contribution in [3.8, 4) is 0 Å². The molecule has 1 amide bonds. The fourth-order valence-electron chi connectivity index (χ4n) is 5.67. The van der Waals surface area contributed by atoms with Gasteiger partial charge in [-0.05, 0) is 30.4 Å². The average molecular weight is 388 g/mol. The Labute approximate surface area is 168 Å². The third-order valence-corrected chi connectivity index (χ3v) is 7.07. The highest BCUT2D eigenvalue weighted by atomic mass is 16.5. The Kier molecular flexibility index (Phi) is 5.63. The maximum atomic E-state index is 11.7. The summed E-state index contributed by atoms with van der Waals surface area (Å²) in [5.74, 6) is 0.889.